The molecule has 0 aromatic heterocycles. The van der Waals surface area contributed by atoms with Gasteiger partial charge in [0.05, 0.1) is 7.11 Å². The number of methoxy groups -OCH3 is 1. The molecule has 1 fully saturated rings. The molecule has 1 heterocycles. The zero-order chi connectivity index (χ0) is 16.8. The van der Waals surface area contributed by atoms with E-state index < -0.39 is 0 Å². The number of nitrogens with one attached hydrogen (secondary N) is 1. The number of ether oxygens (including phenoxy) is 1. The summed E-state index contributed by atoms with van der Waals surface area (Å²) >= 11 is 0. The highest BCUT2D eigenvalue weighted by molar-refractivity contribution is 5.27. The molecule has 3 rings (SSSR count). The molecule has 3 nitrogen and oxygen atoms in total. The van der Waals surface area contributed by atoms with Crippen molar-refractivity contribution in [3.63, 3.8) is 0 Å². The number of rotatable bonds is 6. The Labute approximate surface area is 145 Å². The molecule has 1 N–H and O–H groups in total. The van der Waals surface area contributed by atoms with Crippen LogP contribution >= 0.6 is 0 Å². The third kappa shape index (κ3) is 4.37. The highest BCUT2D eigenvalue weighted by Gasteiger charge is 2.28. The smallest absolute Gasteiger partial charge is 0.118 e. The molecule has 128 valence electrons. The van der Waals surface area contributed by atoms with Crippen LogP contribution in [0, 0.1) is 5.92 Å². The van der Waals surface area contributed by atoms with Crippen molar-refractivity contribution < 1.29 is 4.74 Å². The Bertz CT molecular complexity index is 611. The minimum atomic E-state index is 0.657. The molecule has 24 heavy (non-hydrogen) atoms. The van der Waals surface area contributed by atoms with Gasteiger partial charge >= 0.3 is 0 Å². The van der Waals surface area contributed by atoms with Crippen molar-refractivity contribution >= 4 is 0 Å². The molecule has 1 aliphatic heterocycles. The van der Waals surface area contributed by atoms with Crippen molar-refractivity contribution in [2.24, 2.45) is 5.92 Å². The van der Waals surface area contributed by atoms with Crippen LogP contribution in [0.25, 0.3) is 0 Å². The van der Waals surface area contributed by atoms with Crippen molar-refractivity contribution in [1.82, 2.24) is 10.2 Å². The molecule has 0 amide bonds. The summed E-state index contributed by atoms with van der Waals surface area (Å²) in [5, 5.41) is 3.66. The summed E-state index contributed by atoms with van der Waals surface area (Å²) in [4.78, 5) is 2.46. The maximum atomic E-state index is 5.22. The summed E-state index contributed by atoms with van der Waals surface area (Å²) in [5.74, 6) is 2.23. The molecule has 2 atom stereocenters. The van der Waals surface area contributed by atoms with E-state index in [0.717, 1.165) is 25.4 Å². The minimum Gasteiger partial charge on any atom is -0.497 e. The van der Waals surface area contributed by atoms with Crippen LogP contribution < -0.4 is 10.1 Å². The maximum absolute atomic E-state index is 5.22. The highest BCUT2D eigenvalue weighted by Crippen LogP contribution is 2.32. The van der Waals surface area contributed by atoms with Crippen molar-refractivity contribution in [3.8, 4) is 5.75 Å². The predicted molar refractivity (Wildman–Crippen MR) is 99.5 cm³/mol. The maximum Gasteiger partial charge on any atom is 0.118 e. The van der Waals surface area contributed by atoms with Crippen molar-refractivity contribution in [3.05, 3.63) is 65.7 Å². The lowest BCUT2D eigenvalue weighted by atomic mass is 9.80. The SMILES string of the molecule is COc1ccc(CNCC2CN(C)CCC2c2ccccc2)cc1. The minimum absolute atomic E-state index is 0.657. The lowest BCUT2D eigenvalue weighted by Crippen LogP contribution is -2.41. The van der Waals surface area contributed by atoms with Gasteiger partial charge in [-0.05, 0) is 55.1 Å². The van der Waals surface area contributed by atoms with E-state index >= 15 is 0 Å². The average Bonchev–Trinajstić information content (AvgIpc) is 2.63. The van der Waals surface area contributed by atoms with Gasteiger partial charge in [-0.15, -0.1) is 0 Å². The van der Waals surface area contributed by atoms with Crippen LogP contribution in [0.1, 0.15) is 23.5 Å². The molecule has 3 heteroatoms. The van der Waals surface area contributed by atoms with Gasteiger partial charge in [-0.1, -0.05) is 42.5 Å². The Balaban J connectivity index is 1.58. The van der Waals surface area contributed by atoms with E-state index in [-0.39, 0.29) is 0 Å². The highest BCUT2D eigenvalue weighted by atomic mass is 16.5. The first-order valence-corrected chi connectivity index (χ1v) is 8.83. The molecule has 0 bridgehead atoms. The monoisotopic (exact) mass is 324 g/mol. The van der Waals surface area contributed by atoms with Gasteiger partial charge < -0.3 is 15.0 Å². The van der Waals surface area contributed by atoms with Crippen molar-refractivity contribution in [2.45, 2.75) is 18.9 Å². The quantitative estimate of drug-likeness (QED) is 0.880. The number of piperidine rings is 1. The van der Waals surface area contributed by atoms with Gasteiger partial charge in [0.15, 0.2) is 0 Å². The van der Waals surface area contributed by atoms with Crippen molar-refractivity contribution in [1.29, 1.82) is 0 Å². The van der Waals surface area contributed by atoms with Crippen LogP contribution in [-0.4, -0.2) is 38.7 Å². The van der Waals surface area contributed by atoms with E-state index in [4.69, 9.17) is 4.74 Å². The molecule has 0 aliphatic carbocycles. The lowest BCUT2D eigenvalue weighted by Gasteiger charge is -2.37. The van der Waals surface area contributed by atoms with Gasteiger partial charge in [0.25, 0.3) is 0 Å². The fraction of sp³-hybridized carbons (Fsp3) is 0.429. The summed E-state index contributed by atoms with van der Waals surface area (Å²) < 4.78 is 5.22. The summed E-state index contributed by atoms with van der Waals surface area (Å²) in [6, 6.07) is 19.3. The van der Waals surface area contributed by atoms with E-state index in [2.05, 4.69) is 59.7 Å². The fourth-order valence-corrected chi connectivity index (χ4v) is 3.71. The van der Waals surface area contributed by atoms with Gasteiger partial charge in [-0.2, -0.15) is 0 Å². The molecular formula is C21H28N2O. The second-order valence-electron chi connectivity index (χ2n) is 6.81. The number of nitrogens with zero attached hydrogens (tertiary/aromatic N) is 1. The topological polar surface area (TPSA) is 24.5 Å². The van der Waals surface area contributed by atoms with Crippen molar-refractivity contribution in [2.75, 3.05) is 33.8 Å². The molecular weight excluding hydrogens is 296 g/mol. The third-order valence-corrected chi connectivity index (χ3v) is 5.06. The lowest BCUT2D eigenvalue weighted by molar-refractivity contribution is 0.180. The molecule has 1 saturated heterocycles. The third-order valence-electron chi connectivity index (χ3n) is 5.06. The van der Waals surface area contributed by atoms with Gasteiger partial charge in [0.2, 0.25) is 0 Å². The zero-order valence-corrected chi connectivity index (χ0v) is 14.7. The summed E-state index contributed by atoms with van der Waals surface area (Å²) in [7, 11) is 3.94. The summed E-state index contributed by atoms with van der Waals surface area (Å²) in [5.41, 5.74) is 2.79. The van der Waals surface area contributed by atoms with Gasteiger partial charge in [-0.3, -0.25) is 0 Å². The number of hydrogen-bond donors (Lipinski definition) is 1. The van der Waals surface area contributed by atoms with E-state index in [1.807, 2.05) is 12.1 Å². The fourth-order valence-electron chi connectivity index (χ4n) is 3.71. The second kappa shape index (κ2) is 8.32. The zero-order valence-electron chi connectivity index (χ0n) is 14.7. The van der Waals surface area contributed by atoms with Crippen LogP contribution in [0.15, 0.2) is 54.6 Å². The standard InChI is InChI=1S/C21H28N2O/c1-23-13-12-21(18-6-4-3-5-7-18)19(16-23)15-22-14-17-8-10-20(24-2)11-9-17/h3-11,19,21-22H,12-16H2,1-2H3. The number of likely N-dealkylation sites (tertiary alicyclic amines) is 1. The van der Waals surface area contributed by atoms with Crippen LogP contribution in [0.4, 0.5) is 0 Å². The molecule has 1 aliphatic rings. The Morgan fingerprint density at radius 1 is 1.08 bits per heavy atom. The number of hydrogen-bond acceptors (Lipinski definition) is 3. The molecule has 0 spiro atoms. The average molecular weight is 324 g/mol. The molecule has 2 aromatic rings. The van der Waals surface area contributed by atoms with E-state index in [1.54, 1.807) is 7.11 Å². The Morgan fingerprint density at radius 3 is 2.54 bits per heavy atom. The second-order valence-corrected chi connectivity index (χ2v) is 6.81. The molecule has 0 radical (unpaired) electrons. The Hall–Kier alpha value is -1.84. The summed E-state index contributed by atoms with van der Waals surface area (Å²) in [6.07, 6.45) is 1.25. The van der Waals surface area contributed by atoms with Crippen LogP contribution in [0.3, 0.4) is 0 Å². The van der Waals surface area contributed by atoms with Gasteiger partial charge in [0.1, 0.15) is 5.75 Å². The Kier molecular flexibility index (Phi) is 5.89. The summed E-state index contributed by atoms with van der Waals surface area (Å²) in [6.45, 7) is 4.31. The van der Waals surface area contributed by atoms with E-state index in [9.17, 15) is 0 Å². The van der Waals surface area contributed by atoms with E-state index in [0.29, 0.717) is 11.8 Å². The number of benzene rings is 2. The van der Waals surface area contributed by atoms with Crippen LogP contribution in [0.5, 0.6) is 5.75 Å². The molecule has 2 unspecified atom stereocenters. The van der Waals surface area contributed by atoms with E-state index in [1.165, 1.54) is 24.1 Å². The first-order chi connectivity index (χ1) is 11.8. The van der Waals surface area contributed by atoms with Gasteiger partial charge in [-0.25, -0.2) is 0 Å². The largest absolute Gasteiger partial charge is 0.497 e. The van der Waals surface area contributed by atoms with Crippen LogP contribution in [0.2, 0.25) is 0 Å². The Morgan fingerprint density at radius 2 is 1.83 bits per heavy atom. The van der Waals surface area contributed by atoms with Gasteiger partial charge in [0, 0.05) is 19.6 Å². The van der Waals surface area contributed by atoms with Crippen LogP contribution in [-0.2, 0) is 6.54 Å². The predicted octanol–water partition coefficient (Wildman–Crippen LogP) is 3.52. The first kappa shape index (κ1) is 17.0. The normalized spacial score (nSPS) is 21.6. The molecule has 2 aromatic carbocycles. The molecule has 0 saturated carbocycles. The first-order valence-electron chi connectivity index (χ1n) is 8.83.